The number of aliphatic carboxylic acids is 1. The van der Waals surface area contributed by atoms with Crippen LogP contribution < -0.4 is 0 Å². The third kappa shape index (κ3) is 2.55. The summed E-state index contributed by atoms with van der Waals surface area (Å²) in [5.41, 5.74) is -0.464. The highest BCUT2D eigenvalue weighted by Gasteiger charge is 2.45. The minimum absolute atomic E-state index is 0.00721. The van der Waals surface area contributed by atoms with Crippen molar-refractivity contribution in [1.29, 1.82) is 0 Å². The number of hydrogen-bond donors (Lipinski definition) is 1. The van der Waals surface area contributed by atoms with Gasteiger partial charge in [0.1, 0.15) is 0 Å². The van der Waals surface area contributed by atoms with Gasteiger partial charge in [-0.3, -0.25) is 4.79 Å². The van der Waals surface area contributed by atoms with Crippen LogP contribution in [0, 0.1) is 12.3 Å². The van der Waals surface area contributed by atoms with Gasteiger partial charge in [0.15, 0.2) is 0 Å². The minimum atomic E-state index is -3.68. The average Bonchev–Trinajstić information content (AvgIpc) is 2.73. The van der Waals surface area contributed by atoms with E-state index < -0.39 is 21.4 Å². The molecule has 1 fully saturated rings. The summed E-state index contributed by atoms with van der Waals surface area (Å²) >= 11 is 5.83. The summed E-state index contributed by atoms with van der Waals surface area (Å²) in [6.45, 7) is 3.45. The lowest BCUT2D eigenvalue weighted by molar-refractivity contribution is -0.146. The molecule has 0 amide bonds. The summed E-state index contributed by atoms with van der Waals surface area (Å²) in [6, 6.07) is 4.57. The number of rotatable bonds is 3. The Kier molecular flexibility index (Phi) is 3.83. The van der Waals surface area contributed by atoms with Crippen molar-refractivity contribution >= 4 is 27.6 Å². The highest BCUT2D eigenvalue weighted by Crippen LogP contribution is 2.34. The zero-order valence-corrected chi connectivity index (χ0v) is 12.8. The van der Waals surface area contributed by atoms with E-state index >= 15 is 0 Å². The van der Waals surface area contributed by atoms with Crippen LogP contribution in [0.3, 0.4) is 0 Å². The molecule has 1 unspecified atom stereocenters. The molecule has 0 saturated carbocycles. The quantitative estimate of drug-likeness (QED) is 0.926. The normalized spacial score (nSPS) is 23.9. The van der Waals surface area contributed by atoms with E-state index in [-0.39, 0.29) is 18.0 Å². The first-order chi connectivity index (χ1) is 9.17. The molecule has 0 aromatic heterocycles. The van der Waals surface area contributed by atoms with Crippen LogP contribution in [0.2, 0.25) is 5.02 Å². The predicted molar refractivity (Wildman–Crippen MR) is 75.3 cm³/mol. The second-order valence-corrected chi connectivity index (χ2v) is 7.71. The standard InChI is InChI=1S/C13H16ClNO4S/c1-9-7-10(14)3-4-11(9)20(18,19)15-6-5-13(2,8-15)12(16)17/h3-4,7H,5-6,8H2,1-2H3,(H,16,17). The van der Waals surface area contributed by atoms with Gasteiger partial charge in [0.25, 0.3) is 0 Å². The van der Waals surface area contributed by atoms with E-state index in [1.807, 2.05) is 0 Å². The number of halogens is 1. The van der Waals surface area contributed by atoms with Crippen molar-refractivity contribution in [3.63, 3.8) is 0 Å². The second-order valence-electron chi connectivity index (χ2n) is 5.36. The van der Waals surface area contributed by atoms with Crippen molar-refractivity contribution in [3.05, 3.63) is 28.8 Å². The van der Waals surface area contributed by atoms with Crippen molar-refractivity contribution in [3.8, 4) is 0 Å². The fraction of sp³-hybridized carbons (Fsp3) is 0.462. The molecule has 20 heavy (non-hydrogen) atoms. The van der Waals surface area contributed by atoms with Gasteiger partial charge in [0.05, 0.1) is 10.3 Å². The van der Waals surface area contributed by atoms with E-state index in [4.69, 9.17) is 11.6 Å². The van der Waals surface area contributed by atoms with Crippen LogP contribution in [0.15, 0.2) is 23.1 Å². The molecular formula is C13H16ClNO4S. The molecule has 110 valence electrons. The van der Waals surface area contributed by atoms with Gasteiger partial charge in [0.2, 0.25) is 10.0 Å². The Balaban J connectivity index is 2.35. The van der Waals surface area contributed by atoms with Gasteiger partial charge in [-0.1, -0.05) is 11.6 Å². The third-order valence-electron chi connectivity index (χ3n) is 3.71. The Morgan fingerprint density at radius 2 is 2.10 bits per heavy atom. The lowest BCUT2D eigenvalue weighted by Crippen LogP contribution is -2.35. The summed E-state index contributed by atoms with van der Waals surface area (Å²) in [5.74, 6) is -0.969. The summed E-state index contributed by atoms with van der Waals surface area (Å²) in [7, 11) is -3.68. The zero-order chi connectivity index (χ0) is 15.1. The lowest BCUT2D eigenvalue weighted by atomic mass is 9.90. The number of carboxylic acids is 1. The Hall–Kier alpha value is -1.11. The van der Waals surface area contributed by atoms with Crippen LogP contribution in [0.25, 0.3) is 0 Å². The Morgan fingerprint density at radius 1 is 1.45 bits per heavy atom. The van der Waals surface area contributed by atoms with Crippen LogP contribution in [0.1, 0.15) is 18.9 Å². The van der Waals surface area contributed by atoms with Crippen LogP contribution in [0.4, 0.5) is 0 Å². The molecule has 7 heteroatoms. The summed E-state index contributed by atoms with van der Waals surface area (Å²) in [5, 5.41) is 9.65. The molecule has 1 atom stereocenters. The first-order valence-electron chi connectivity index (χ1n) is 6.16. The van der Waals surface area contributed by atoms with E-state index in [9.17, 15) is 18.3 Å². The van der Waals surface area contributed by atoms with Crippen LogP contribution in [-0.4, -0.2) is 36.9 Å². The van der Waals surface area contributed by atoms with E-state index in [1.54, 1.807) is 19.9 Å². The van der Waals surface area contributed by atoms with E-state index in [1.165, 1.54) is 16.4 Å². The number of aryl methyl sites for hydroxylation is 1. The van der Waals surface area contributed by atoms with Crippen LogP contribution >= 0.6 is 11.6 Å². The predicted octanol–water partition coefficient (Wildman–Crippen LogP) is 2.13. The van der Waals surface area contributed by atoms with Crippen LogP contribution in [-0.2, 0) is 14.8 Å². The lowest BCUT2D eigenvalue weighted by Gasteiger charge is -2.20. The van der Waals surface area contributed by atoms with E-state index in [0.29, 0.717) is 17.0 Å². The average molecular weight is 318 g/mol. The molecular weight excluding hydrogens is 302 g/mol. The maximum absolute atomic E-state index is 12.6. The first kappa shape index (κ1) is 15.3. The maximum Gasteiger partial charge on any atom is 0.310 e. The van der Waals surface area contributed by atoms with Crippen molar-refractivity contribution in [2.24, 2.45) is 5.41 Å². The molecule has 1 aliphatic rings. The molecule has 1 aliphatic heterocycles. The first-order valence-corrected chi connectivity index (χ1v) is 7.98. The SMILES string of the molecule is Cc1cc(Cl)ccc1S(=O)(=O)N1CCC(C)(C(=O)O)C1. The summed E-state index contributed by atoms with van der Waals surface area (Å²) in [6.07, 6.45) is 0.314. The van der Waals surface area contributed by atoms with Crippen molar-refractivity contribution in [1.82, 2.24) is 4.31 Å². The fourth-order valence-corrected chi connectivity index (χ4v) is 4.34. The molecule has 0 aliphatic carbocycles. The van der Waals surface area contributed by atoms with Gasteiger partial charge in [-0.15, -0.1) is 0 Å². The molecule has 1 aromatic rings. The molecule has 5 nitrogen and oxygen atoms in total. The van der Waals surface area contributed by atoms with E-state index in [2.05, 4.69) is 0 Å². The van der Waals surface area contributed by atoms with Crippen LogP contribution in [0.5, 0.6) is 0 Å². The van der Waals surface area contributed by atoms with Crippen molar-refractivity contribution in [2.45, 2.75) is 25.2 Å². The fourth-order valence-electron chi connectivity index (χ4n) is 2.34. The molecule has 1 saturated heterocycles. The number of benzene rings is 1. The van der Waals surface area contributed by atoms with Gasteiger partial charge >= 0.3 is 5.97 Å². The number of carbonyl (C=O) groups is 1. The topological polar surface area (TPSA) is 74.7 Å². The van der Waals surface area contributed by atoms with Gasteiger partial charge in [-0.2, -0.15) is 4.31 Å². The van der Waals surface area contributed by atoms with Gasteiger partial charge in [0, 0.05) is 18.1 Å². The Bertz CT molecular complexity index is 658. The van der Waals surface area contributed by atoms with Gasteiger partial charge in [-0.05, 0) is 44.0 Å². The van der Waals surface area contributed by atoms with Crippen molar-refractivity contribution < 1.29 is 18.3 Å². The number of hydrogen-bond acceptors (Lipinski definition) is 3. The monoisotopic (exact) mass is 317 g/mol. The Labute approximate surface area is 123 Å². The molecule has 1 heterocycles. The molecule has 0 bridgehead atoms. The van der Waals surface area contributed by atoms with Crippen molar-refractivity contribution in [2.75, 3.05) is 13.1 Å². The number of sulfonamides is 1. The second kappa shape index (κ2) is 5.02. The maximum atomic E-state index is 12.6. The highest BCUT2D eigenvalue weighted by atomic mass is 35.5. The summed E-state index contributed by atoms with van der Waals surface area (Å²) in [4.78, 5) is 11.4. The zero-order valence-electron chi connectivity index (χ0n) is 11.3. The summed E-state index contributed by atoms with van der Waals surface area (Å²) < 4.78 is 26.4. The largest absolute Gasteiger partial charge is 0.481 e. The number of nitrogens with zero attached hydrogens (tertiary/aromatic N) is 1. The minimum Gasteiger partial charge on any atom is -0.481 e. The molecule has 0 spiro atoms. The number of carboxylic acid groups (broad SMARTS) is 1. The molecule has 2 rings (SSSR count). The smallest absolute Gasteiger partial charge is 0.310 e. The van der Waals surface area contributed by atoms with Gasteiger partial charge in [-0.25, -0.2) is 8.42 Å². The molecule has 1 N–H and O–H groups in total. The molecule has 1 aromatic carbocycles. The molecule has 0 radical (unpaired) electrons. The third-order valence-corrected chi connectivity index (χ3v) is 5.95. The Morgan fingerprint density at radius 3 is 2.60 bits per heavy atom. The van der Waals surface area contributed by atoms with E-state index in [0.717, 1.165) is 0 Å². The highest BCUT2D eigenvalue weighted by molar-refractivity contribution is 7.89. The van der Waals surface area contributed by atoms with Gasteiger partial charge < -0.3 is 5.11 Å².